The van der Waals surface area contributed by atoms with Crippen LogP contribution in [0.2, 0.25) is 0 Å². The Hall–Kier alpha value is -1.14. The molecule has 1 saturated heterocycles. The molecule has 2 unspecified atom stereocenters. The van der Waals surface area contributed by atoms with E-state index < -0.39 is 23.6 Å². The molecule has 1 heterocycles. The van der Waals surface area contributed by atoms with Crippen LogP contribution in [0.1, 0.15) is 32.1 Å². The van der Waals surface area contributed by atoms with E-state index >= 15 is 0 Å². The maximum absolute atomic E-state index is 12.3. The first-order valence-electron chi connectivity index (χ1n) is 6.01. The number of primary amides is 1. The van der Waals surface area contributed by atoms with Gasteiger partial charge >= 0.3 is 0 Å². The van der Waals surface area contributed by atoms with Gasteiger partial charge in [-0.25, -0.2) is 0 Å². The van der Waals surface area contributed by atoms with Gasteiger partial charge in [0.1, 0.15) is 6.04 Å². The van der Waals surface area contributed by atoms with Crippen LogP contribution in [-0.2, 0) is 9.59 Å². The number of hydrogen-bond donors (Lipinski definition) is 3. The summed E-state index contributed by atoms with van der Waals surface area (Å²) in [6.45, 7) is 0.158. The van der Waals surface area contributed by atoms with Gasteiger partial charge in [0.2, 0.25) is 11.8 Å². The van der Waals surface area contributed by atoms with Gasteiger partial charge in [0.05, 0.1) is 11.6 Å². The zero-order valence-corrected chi connectivity index (χ0v) is 9.76. The molecule has 2 rings (SSSR count). The quantitative estimate of drug-likeness (QED) is 0.558. The molecule has 6 nitrogen and oxygen atoms in total. The maximum atomic E-state index is 12.3. The first-order valence-corrected chi connectivity index (χ1v) is 6.01. The zero-order valence-electron chi connectivity index (χ0n) is 9.76. The molecule has 0 aromatic carbocycles. The Kier molecular flexibility index (Phi) is 3.09. The fourth-order valence-corrected chi connectivity index (χ4v) is 2.81. The van der Waals surface area contributed by atoms with E-state index in [1.165, 1.54) is 4.90 Å². The highest BCUT2D eigenvalue weighted by molar-refractivity contribution is 5.92. The van der Waals surface area contributed by atoms with E-state index in [-0.39, 0.29) is 18.9 Å². The molecule has 0 radical (unpaired) electrons. The number of β-amino-alcohol motifs (C(OH)–C–C–N with tert-alkyl or cyclic N) is 1. The molecule has 2 atom stereocenters. The van der Waals surface area contributed by atoms with Gasteiger partial charge in [-0.2, -0.15) is 0 Å². The standard InChI is InChI=1S/C11H19N3O3/c12-9(16)8-5-7(15)6-14(8)10(17)11(13)3-1-2-4-11/h7-8,15H,1-6,13H2,(H2,12,16). The summed E-state index contributed by atoms with van der Waals surface area (Å²) in [6, 6.07) is -0.710. The Balaban J connectivity index is 2.15. The number of likely N-dealkylation sites (tertiary alicyclic amines) is 1. The number of amides is 2. The van der Waals surface area contributed by atoms with Crippen LogP contribution in [0.3, 0.4) is 0 Å². The molecular weight excluding hydrogens is 222 g/mol. The number of carbonyl (C=O) groups is 2. The molecule has 0 aromatic rings. The van der Waals surface area contributed by atoms with Gasteiger partial charge in [-0.1, -0.05) is 12.8 Å². The second-order valence-corrected chi connectivity index (χ2v) is 5.13. The van der Waals surface area contributed by atoms with E-state index in [2.05, 4.69) is 0 Å². The SMILES string of the molecule is NC(=O)C1CC(O)CN1C(=O)C1(N)CCCC1. The third-order valence-electron chi connectivity index (χ3n) is 3.79. The van der Waals surface area contributed by atoms with Gasteiger partial charge in [-0.05, 0) is 12.8 Å². The van der Waals surface area contributed by atoms with E-state index in [9.17, 15) is 14.7 Å². The molecule has 96 valence electrons. The minimum Gasteiger partial charge on any atom is -0.391 e. The number of aliphatic hydroxyl groups excluding tert-OH is 1. The van der Waals surface area contributed by atoms with Gasteiger partial charge in [0.15, 0.2) is 0 Å². The van der Waals surface area contributed by atoms with Crippen LogP contribution in [0.5, 0.6) is 0 Å². The van der Waals surface area contributed by atoms with E-state index in [4.69, 9.17) is 11.5 Å². The van der Waals surface area contributed by atoms with Gasteiger partial charge in [0.25, 0.3) is 0 Å². The lowest BCUT2D eigenvalue weighted by atomic mass is 9.96. The van der Waals surface area contributed by atoms with Gasteiger partial charge in [-0.3, -0.25) is 9.59 Å². The summed E-state index contributed by atoms with van der Waals surface area (Å²) in [6.07, 6.45) is 2.69. The molecule has 1 aliphatic carbocycles. The van der Waals surface area contributed by atoms with Crippen LogP contribution in [0.25, 0.3) is 0 Å². The first-order chi connectivity index (χ1) is 7.94. The summed E-state index contributed by atoms with van der Waals surface area (Å²) in [5, 5.41) is 9.55. The molecule has 1 saturated carbocycles. The van der Waals surface area contributed by atoms with Crippen molar-refractivity contribution in [3.63, 3.8) is 0 Å². The molecule has 0 spiro atoms. The maximum Gasteiger partial charge on any atom is 0.243 e. The van der Waals surface area contributed by atoms with Crippen LogP contribution in [0.4, 0.5) is 0 Å². The van der Waals surface area contributed by atoms with Crippen molar-refractivity contribution in [2.75, 3.05) is 6.54 Å². The summed E-state index contributed by atoms with van der Waals surface area (Å²) in [5.41, 5.74) is 10.4. The molecule has 2 amide bonds. The lowest BCUT2D eigenvalue weighted by molar-refractivity contribution is -0.141. The van der Waals surface area contributed by atoms with E-state index in [0.29, 0.717) is 12.8 Å². The summed E-state index contributed by atoms with van der Waals surface area (Å²) >= 11 is 0. The topological polar surface area (TPSA) is 110 Å². The van der Waals surface area contributed by atoms with Crippen molar-refractivity contribution < 1.29 is 14.7 Å². The van der Waals surface area contributed by atoms with Crippen molar-refractivity contribution in [2.24, 2.45) is 11.5 Å². The second-order valence-electron chi connectivity index (χ2n) is 5.13. The van der Waals surface area contributed by atoms with Crippen molar-refractivity contribution in [1.82, 2.24) is 4.90 Å². The molecule has 5 N–H and O–H groups in total. The highest BCUT2D eigenvalue weighted by Gasteiger charge is 2.46. The smallest absolute Gasteiger partial charge is 0.243 e. The molecule has 6 heteroatoms. The van der Waals surface area contributed by atoms with Crippen LogP contribution < -0.4 is 11.5 Å². The van der Waals surface area contributed by atoms with E-state index in [1.54, 1.807) is 0 Å². The number of nitrogens with two attached hydrogens (primary N) is 2. The predicted octanol–water partition coefficient (Wildman–Crippen LogP) is -1.29. The molecule has 17 heavy (non-hydrogen) atoms. The molecular formula is C11H19N3O3. The van der Waals surface area contributed by atoms with E-state index in [0.717, 1.165) is 12.8 Å². The van der Waals surface area contributed by atoms with Crippen molar-refractivity contribution in [1.29, 1.82) is 0 Å². The molecule has 2 aliphatic rings. The highest BCUT2D eigenvalue weighted by atomic mass is 16.3. The summed E-state index contributed by atoms with van der Waals surface area (Å²) in [7, 11) is 0. The number of carbonyl (C=O) groups excluding carboxylic acids is 2. The van der Waals surface area contributed by atoms with E-state index in [1.807, 2.05) is 0 Å². The molecule has 0 bridgehead atoms. The Morgan fingerprint density at radius 1 is 1.29 bits per heavy atom. The second kappa shape index (κ2) is 4.27. The zero-order chi connectivity index (χ0) is 12.6. The minimum atomic E-state index is -0.863. The highest BCUT2D eigenvalue weighted by Crippen LogP contribution is 2.31. The average molecular weight is 241 g/mol. The van der Waals surface area contributed by atoms with Crippen LogP contribution >= 0.6 is 0 Å². The number of aliphatic hydroxyl groups is 1. The van der Waals surface area contributed by atoms with Crippen molar-refractivity contribution in [3.05, 3.63) is 0 Å². The third-order valence-corrected chi connectivity index (χ3v) is 3.79. The largest absolute Gasteiger partial charge is 0.391 e. The van der Waals surface area contributed by atoms with Crippen molar-refractivity contribution in [3.8, 4) is 0 Å². The Labute approximate surface area is 99.9 Å². The predicted molar refractivity (Wildman–Crippen MR) is 60.7 cm³/mol. The van der Waals surface area contributed by atoms with Gasteiger partial charge in [0, 0.05) is 13.0 Å². The monoisotopic (exact) mass is 241 g/mol. The lowest BCUT2D eigenvalue weighted by Gasteiger charge is -2.31. The van der Waals surface area contributed by atoms with Crippen LogP contribution in [0, 0.1) is 0 Å². The van der Waals surface area contributed by atoms with Crippen molar-refractivity contribution >= 4 is 11.8 Å². The summed E-state index contributed by atoms with van der Waals surface area (Å²) < 4.78 is 0. The fourth-order valence-electron chi connectivity index (χ4n) is 2.81. The molecule has 1 aliphatic heterocycles. The molecule has 0 aromatic heterocycles. The van der Waals surface area contributed by atoms with Crippen LogP contribution in [-0.4, -0.2) is 46.1 Å². The average Bonchev–Trinajstić information content (AvgIpc) is 2.84. The summed E-state index contributed by atoms with van der Waals surface area (Å²) in [5.74, 6) is -0.813. The van der Waals surface area contributed by atoms with Crippen LogP contribution in [0.15, 0.2) is 0 Å². The Bertz CT molecular complexity index is 339. The first kappa shape index (κ1) is 12.3. The Morgan fingerprint density at radius 3 is 2.41 bits per heavy atom. The van der Waals surface area contributed by atoms with Gasteiger partial charge < -0.3 is 21.5 Å². The number of hydrogen-bond acceptors (Lipinski definition) is 4. The van der Waals surface area contributed by atoms with Gasteiger partial charge in [-0.15, -0.1) is 0 Å². The third kappa shape index (κ3) is 2.14. The minimum absolute atomic E-state index is 0.158. The summed E-state index contributed by atoms with van der Waals surface area (Å²) in [4.78, 5) is 24.9. The molecule has 2 fully saturated rings. The number of rotatable bonds is 2. The Morgan fingerprint density at radius 2 is 1.88 bits per heavy atom. The fraction of sp³-hybridized carbons (Fsp3) is 0.818. The van der Waals surface area contributed by atoms with Crippen molar-refractivity contribution in [2.45, 2.75) is 49.8 Å². The number of nitrogens with zero attached hydrogens (tertiary/aromatic N) is 1. The normalized spacial score (nSPS) is 31.8. The lowest BCUT2D eigenvalue weighted by Crippen LogP contribution is -2.57.